The molecule has 0 spiro atoms. The number of aryl methyl sites for hydroxylation is 1. The minimum Gasteiger partial charge on any atom is -0.444 e. The zero-order chi connectivity index (χ0) is 15.6. The van der Waals surface area contributed by atoms with Gasteiger partial charge in [0, 0.05) is 18.2 Å². The molecule has 112 valence electrons. The minimum absolute atomic E-state index is 0.373. The van der Waals surface area contributed by atoms with Gasteiger partial charge in [-0.2, -0.15) is 0 Å². The summed E-state index contributed by atoms with van der Waals surface area (Å²) in [6.07, 6.45) is 1.34. The maximum atomic E-state index is 11.7. The van der Waals surface area contributed by atoms with E-state index in [-0.39, 0.29) is 5.41 Å². The van der Waals surface area contributed by atoms with E-state index in [4.69, 9.17) is 16.3 Å². The Bertz CT molecular complexity index is 493. The van der Waals surface area contributed by atoms with Gasteiger partial charge in [-0.1, -0.05) is 25.4 Å². The highest BCUT2D eigenvalue weighted by molar-refractivity contribution is 6.31. The van der Waals surface area contributed by atoms with Crippen molar-refractivity contribution in [3.05, 3.63) is 28.5 Å². The fourth-order valence-electron chi connectivity index (χ4n) is 1.72. The van der Waals surface area contributed by atoms with Gasteiger partial charge >= 0.3 is 6.09 Å². The van der Waals surface area contributed by atoms with Crippen LogP contribution in [0.4, 0.5) is 4.79 Å². The van der Waals surface area contributed by atoms with Crippen LogP contribution in [0.25, 0.3) is 0 Å². The summed E-state index contributed by atoms with van der Waals surface area (Å²) >= 11 is 6.23. The molecular weight excluding hydrogens is 276 g/mol. The summed E-state index contributed by atoms with van der Waals surface area (Å²) in [4.78, 5) is 16.1. The first-order chi connectivity index (χ1) is 9.01. The Balaban J connectivity index is 2.72. The monoisotopic (exact) mass is 298 g/mol. The van der Waals surface area contributed by atoms with Crippen molar-refractivity contribution >= 4 is 17.7 Å². The number of pyridine rings is 1. The predicted octanol–water partition coefficient (Wildman–Crippen LogP) is 3.85. The molecule has 1 amide bonds. The third-order valence-electron chi connectivity index (χ3n) is 2.69. The van der Waals surface area contributed by atoms with Crippen LogP contribution >= 0.6 is 11.6 Å². The molecule has 5 heteroatoms. The predicted molar refractivity (Wildman–Crippen MR) is 81.2 cm³/mol. The van der Waals surface area contributed by atoms with Crippen LogP contribution in [-0.4, -0.2) is 23.2 Å². The van der Waals surface area contributed by atoms with Crippen LogP contribution in [-0.2, 0) is 10.2 Å². The standard InChI is InChI=1S/C15H23ClN2O2/c1-10-7-11(16)12(17-8-10)15(5,6)9-18-13(19)20-14(2,3)4/h7-8H,9H2,1-6H3,(H,18,19). The first-order valence-electron chi connectivity index (χ1n) is 6.61. The van der Waals surface area contributed by atoms with Crippen molar-refractivity contribution < 1.29 is 9.53 Å². The van der Waals surface area contributed by atoms with Crippen molar-refractivity contribution in [3.8, 4) is 0 Å². The van der Waals surface area contributed by atoms with E-state index in [9.17, 15) is 4.79 Å². The largest absolute Gasteiger partial charge is 0.444 e. The molecule has 0 unspecified atom stereocenters. The zero-order valence-electron chi connectivity index (χ0n) is 13.0. The van der Waals surface area contributed by atoms with Gasteiger partial charge in [-0.3, -0.25) is 4.98 Å². The lowest BCUT2D eigenvalue weighted by Crippen LogP contribution is -2.40. The van der Waals surface area contributed by atoms with Gasteiger partial charge < -0.3 is 10.1 Å². The second-order valence-electron chi connectivity index (χ2n) is 6.58. The van der Waals surface area contributed by atoms with Gasteiger partial charge in [-0.25, -0.2) is 4.79 Å². The van der Waals surface area contributed by atoms with E-state index in [0.717, 1.165) is 11.3 Å². The number of carbonyl (C=O) groups excluding carboxylic acids is 1. The number of halogens is 1. The molecule has 1 heterocycles. The van der Waals surface area contributed by atoms with Crippen LogP contribution < -0.4 is 5.32 Å². The molecule has 0 aliphatic rings. The Labute approximate surface area is 125 Å². The second-order valence-corrected chi connectivity index (χ2v) is 6.99. The Morgan fingerprint density at radius 1 is 1.35 bits per heavy atom. The van der Waals surface area contributed by atoms with Crippen LogP contribution in [0.5, 0.6) is 0 Å². The zero-order valence-corrected chi connectivity index (χ0v) is 13.8. The molecule has 0 atom stereocenters. The quantitative estimate of drug-likeness (QED) is 0.922. The van der Waals surface area contributed by atoms with Gasteiger partial charge in [0.05, 0.1) is 10.7 Å². The molecule has 1 N–H and O–H groups in total. The third kappa shape index (κ3) is 5.00. The highest BCUT2D eigenvalue weighted by Crippen LogP contribution is 2.28. The van der Waals surface area contributed by atoms with Crippen LogP contribution in [0, 0.1) is 6.92 Å². The van der Waals surface area contributed by atoms with Crippen LogP contribution in [0.1, 0.15) is 45.9 Å². The Hall–Kier alpha value is -1.29. The minimum atomic E-state index is -0.506. The fraction of sp³-hybridized carbons (Fsp3) is 0.600. The molecule has 0 aliphatic heterocycles. The molecular formula is C15H23ClN2O2. The lowest BCUT2D eigenvalue weighted by atomic mass is 9.88. The van der Waals surface area contributed by atoms with Crippen molar-refractivity contribution in [1.82, 2.24) is 10.3 Å². The maximum absolute atomic E-state index is 11.7. The number of carbonyl (C=O) groups is 1. The maximum Gasteiger partial charge on any atom is 0.407 e. The van der Waals surface area contributed by atoms with Crippen LogP contribution in [0.2, 0.25) is 5.02 Å². The summed E-state index contributed by atoms with van der Waals surface area (Å²) in [5, 5.41) is 3.37. The van der Waals surface area contributed by atoms with E-state index < -0.39 is 11.7 Å². The first kappa shape index (κ1) is 16.8. The van der Waals surface area contributed by atoms with Crippen LogP contribution in [0.3, 0.4) is 0 Å². The summed E-state index contributed by atoms with van der Waals surface area (Å²) < 4.78 is 5.21. The number of rotatable bonds is 3. The summed E-state index contributed by atoms with van der Waals surface area (Å²) in [5.74, 6) is 0. The molecule has 4 nitrogen and oxygen atoms in total. The van der Waals surface area contributed by atoms with Crippen molar-refractivity contribution in [1.29, 1.82) is 0 Å². The van der Waals surface area contributed by atoms with E-state index >= 15 is 0 Å². The number of hydrogen-bond acceptors (Lipinski definition) is 3. The summed E-state index contributed by atoms with van der Waals surface area (Å²) in [6.45, 7) is 11.8. The molecule has 20 heavy (non-hydrogen) atoms. The molecule has 0 aliphatic carbocycles. The number of amides is 1. The molecule has 0 fully saturated rings. The number of aromatic nitrogens is 1. The third-order valence-corrected chi connectivity index (χ3v) is 2.98. The number of nitrogens with zero attached hydrogens (tertiary/aromatic N) is 1. The van der Waals surface area contributed by atoms with Crippen LogP contribution in [0.15, 0.2) is 12.3 Å². The van der Waals surface area contributed by atoms with Gasteiger partial charge in [0.25, 0.3) is 0 Å². The van der Waals surface area contributed by atoms with Gasteiger partial charge in [-0.15, -0.1) is 0 Å². The average molecular weight is 299 g/mol. The number of ether oxygens (including phenoxy) is 1. The normalized spacial score (nSPS) is 12.2. The highest BCUT2D eigenvalue weighted by Gasteiger charge is 2.27. The van der Waals surface area contributed by atoms with E-state index in [2.05, 4.69) is 10.3 Å². The molecule has 0 aromatic carbocycles. The van der Waals surface area contributed by atoms with Gasteiger partial charge in [0.15, 0.2) is 0 Å². The van der Waals surface area contributed by atoms with Gasteiger partial charge in [-0.05, 0) is 39.3 Å². The first-order valence-corrected chi connectivity index (χ1v) is 6.98. The van der Waals surface area contributed by atoms with Gasteiger partial charge in [0.1, 0.15) is 5.60 Å². The summed E-state index contributed by atoms with van der Waals surface area (Å²) in [6, 6.07) is 1.87. The highest BCUT2D eigenvalue weighted by atomic mass is 35.5. The number of nitrogens with one attached hydrogen (secondary N) is 1. The summed E-state index contributed by atoms with van der Waals surface area (Å²) in [5.41, 5.74) is 0.894. The van der Waals surface area contributed by atoms with E-state index in [0.29, 0.717) is 11.6 Å². The smallest absolute Gasteiger partial charge is 0.407 e. The van der Waals surface area contributed by atoms with Crippen molar-refractivity contribution in [2.45, 2.75) is 52.6 Å². The molecule has 0 bridgehead atoms. The molecule has 0 saturated heterocycles. The van der Waals surface area contributed by atoms with Crippen molar-refractivity contribution in [2.75, 3.05) is 6.54 Å². The van der Waals surface area contributed by atoms with E-state index in [1.165, 1.54) is 0 Å². The Morgan fingerprint density at radius 3 is 2.45 bits per heavy atom. The molecule has 1 aromatic rings. The van der Waals surface area contributed by atoms with Gasteiger partial charge in [0.2, 0.25) is 0 Å². The lowest BCUT2D eigenvalue weighted by molar-refractivity contribution is 0.0517. The SMILES string of the molecule is Cc1cnc(C(C)(C)CNC(=O)OC(C)(C)C)c(Cl)c1. The molecule has 1 aromatic heterocycles. The summed E-state index contributed by atoms with van der Waals surface area (Å²) in [7, 11) is 0. The Kier molecular flexibility index (Phi) is 5.03. The second kappa shape index (κ2) is 6.00. The number of alkyl carbamates (subject to hydrolysis) is 1. The molecule has 1 rings (SSSR count). The topological polar surface area (TPSA) is 51.2 Å². The molecule has 0 radical (unpaired) electrons. The lowest BCUT2D eigenvalue weighted by Gasteiger charge is -2.27. The van der Waals surface area contributed by atoms with Crippen molar-refractivity contribution in [2.24, 2.45) is 0 Å². The van der Waals surface area contributed by atoms with E-state index in [1.807, 2.05) is 47.6 Å². The fourth-order valence-corrected chi connectivity index (χ4v) is 2.20. The molecule has 0 saturated carbocycles. The van der Waals surface area contributed by atoms with Crippen molar-refractivity contribution in [3.63, 3.8) is 0 Å². The number of hydrogen-bond donors (Lipinski definition) is 1. The average Bonchev–Trinajstić information content (AvgIpc) is 2.23. The Morgan fingerprint density at radius 2 is 1.95 bits per heavy atom. The van der Waals surface area contributed by atoms with E-state index in [1.54, 1.807) is 6.20 Å².